The van der Waals surface area contributed by atoms with Crippen molar-refractivity contribution in [1.82, 2.24) is 5.32 Å². The fraction of sp³-hybridized carbons (Fsp3) is 0.417. The van der Waals surface area contributed by atoms with Crippen molar-refractivity contribution in [2.24, 2.45) is 0 Å². The standard InChI is InChI=1S/C12H17NO2S/c1-3-4-7-11(14)13-9-12(2,15)10-6-5-8-16-10/h3,5-6,8,15H,1,4,7,9H2,2H3,(H,13,14)/t12-/m1/s1. The Morgan fingerprint density at radius 1 is 1.75 bits per heavy atom. The minimum atomic E-state index is -0.988. The van der Waals surface area contributed by atoms with Crippen LogP contribution in [0.3, 0.4) is 0 Å². The van der Waals surface area contributed by atoms with Gasteiger partial charge in [-0.05, 0) is 24.8 Å². The molecule has 88 valence electrons. The topological polar surface area (TPSA) is 49.3 Å². The summed E-state index contributed by atoms with van der Waals surface area (Å²) in [5.41, 5.74) is -0.988. The minimum Gasteiger partial charge on any atom is -0.383 e. The van der Waals surface area contributed by atoms with E-state index in [0.29, 0.717) is 12.8 Å². The zero-order chi connectivity index (χ0) is 12.0. The van der Waals surface area contributed by atoms with Crippen LogP contribution in [0.15, 0.2) is 30.2 Å². The number of amides is 1. The molecule has 0 aliphatic heterocycles. The number of hydrogen-bond donors (Lipinski definition) is 2. The zero-order valence-electron chi connectivity index (χ0n) is 9.40. The summed E-state index contributed by atoms with van der Waals surface area (Å²) in [6, 6.07) is 3.74. The maximum atomic E-state index is 11.4. The molecule has 1 atom stereocenters. The highest BCUT2D eigenvalue weighted by atomic mass is 32.1. The molecule has 16 heavy (non-hydrogen) atoms. The Morgan fingerprint density at radius 3 is 3.06 bits per heavy atom. The van der Waals surface area contributed by atoms with Gasteiger partial charge in [-0.2, -0.15) is 0 Å². The number of carbonyl (C=O) groups excluding carboxylic acids is 1. The molecule has 3 nitrogen and oxygen atoms in total. The molecule has 0 spiro atoms. The molecule has 1 rings (SSSR count). The van der Waals surface area contributed by atoms with E-state index in [0.717, 1.165) is 4.88 Å². The first kappa shape index (κ1) is 12.9. The van der Waals surface area contributed by atoms with E-state index >= 15 is 0 Å². The number of aliphatic hydroxyl groups is 1. The van der Waals surface area contributed by atoms with Crippen LogP contribution in [-0.4, -0.2) is 17.6 Å². The summed E-state index contributed by atoms with van der Waals surface area (Å²) in [4.78, 5) is 12.2. The summed E-state index contributed by atoms with van der Waals surface area (Å²) in [6.45, 7) is 5.50. The monoisotopic (exact) mass is 239 g/mol. The van der Waals surface area contributed by atoms with Gasteiger partial charge in [-0.3, -0.25) is 4.79 Å². The summed E-state index contributed by atoms with van der Waals surface area (Å²) in [5.74, 6) is -0.0586. The van der Waals surface area contributed by atoms with Crippen molar-refractivity contribution in [3.05, 3.63) is 35.0 Å². The summed E-state index contributed by atoms with van der Waals surface area (Å²) < 4.78 is 0. The molecule has 1 amide bonds. The van der Waals surface area contributed by atoms with Crippen LogP contribution < -0.4 is 5.32 Å². The molecule has 0 aromatic carbocycles. The van der Waals surface area contributed by atoms with Crippen LogP contribution >= 0.6 is 11.3 Å². The Bertz CT molecular complexity index is 344. The first-order chi connectivity index (χ1) is 7.56. The molecule has 4 heteroatoms. The fourth-order valence-corrected chi connectivity index (χ4v) is 2.05. The van der Waals surface area contributed by atoms with Crippen LogP contribution in [0.4, 0.5) is 0 Å². The van der Waals surface area contributed by atoms with Crippen LogP contribution in [-0.2, 0) is 10.4 Å². The molecule has 1 heterocycles. The molecule has 0 saturated carbocycles. The van der Waals surface area contributed by atoms with Gasteiger partial charge in [0.05, 0.1) is 6.54 Å². The molecule has 1 aromatic heterocycles. The highest BCUT2D eigenvalue weighted by molar-refractivity contribution is 7.10. The largest absolute Gasteiger partial charge is 0.383 e. The number of thiophene rings is 1. The molecule has 0 fully saturated rings. The van der Waals surface area contributed by atoms with E-state index < -0.39 is 5.60 Å². The lowest BCUT2D eigenvalue weighted by atomic mass is 10.1. The number of carbonyl (C=O) groups is 1. The average molecular weight is 239 g/mol. The molecule has 0 aliphatic rings. The van der Waals surface area contributed by atoms with Gasteiger partial charge in [0.2, 0.25) is 5.91 Å². The normalized spacial score (nSPS) is 14.1. The van der Waals surface area contributed by atoms with Gasteiger partial charge in [-0.15, -0.1) is 17.9 Å². The van der Waals surface area contributed by atoms with Gasteiger partial charge in [0, 0.05) is 11.3 Å². The zero-order valence-corrected chi connectivity index (χ0v) is 10.2. The lowest BCUT2D eigenvalue weighted by Gasteiger charge is -2.22. The molecule has 0 saturated heterocycles. The second-order valence-corrected chi connectivity index (χ2v) is 4.80. The second-order valence-electron chi connectivity index (χ2n) is 3.86. The van der Waals surface area contributed by atoms with Crippen LogP contribution in [0.2, 0.25) is 0 Å². The van der Waals surface area contributed by atoms with E-state index in [1.165, 1.54) is 11.3 Å². The van der Waals surface area contributed by atoms with Gasteiger partial charge >= 0.3 is 0 Å². The number of hydrogen-bond acceptors (Lipinski definition) is 3. The van der Waals surface area contributed by atoms with Crippen molar-refractivity contribution < 1.29 is 9.90 Å². The number of allylic oxidation sites excluding steroid dienone is 1. The van der Waals surface area contributed by atoms with Crippen molar-refractivity contribution >= 4 is 17.2 Å². The van der Waals surface area contributed by atoms with Gasteiger partial charge in [0.25, 0.3) is 0 Å². The van der Waals surface area contributed by atoms with Gasteiger partial charge in [0.15, 0.2) is 0 Å². The van der Waals surface area contributed by atoms with Crippen LogP contribution in [0.25, 0.3) is 0 Å². The highest BCUT2D eigenvalue weighted by Gasteiger charge is 2.24. The molecule has 0 radical (unpaired) electrons. The molecule has 1 aromatic rings. The second kappa shape index (κ2) is 5.82. The lowest BCUT2D eigenvalue weighted by molar-refractivity contribution is -0.122. The molecule has 0 unspecified atom stereocenters. The maximum absolute atomic E-state index is 11.4. The van der Waals surface area contributed by atoms with E-state index in [-0.39, 0.29) is 12.5 Å². The third-order valence-corrected chi connectivity index (χ3v) is 3.38. The van der Waals surface area contributed by atoms with Crippen molar-refractivity contribution in [3.63, 3.8) is 0 Å². The van der Waals surface area contributed by atoms with Crippen LogP contribution in [0.5, 0.6) is 0 Å². The minimum absolute atomic E-state index is 0.0586. The first-order valence-corrected chi connectivity index (χ1v) is 6.08. The van der Waals surface area contributed by atoms with Crippen molar-refractivity contribution in [2.45, 2.75) is 25.4 Å². The van der Waals surface area contributed by atoms with Gasteiger partial charge in [-0.1, -0.05) is 12.1 Å². The molecule has 0 aliphatic carbocycles. The van der Waals surface area contributed by atoms with Crippen molar-refractivity contribution in [2.75, 3.05) is 6.54 Å². The average Bonchev–Trinajstić information content (AvgIpc) is 2.77. The SMILES string of the molecule is C=CCCC(=O)NC[C@@](C)(O)c1cccs1. The Balaban J connectivity index is 2.42. The Labute approximate surface area is 99.8 Å². The third-order valence-electron chi connectivity index (χ3n) is 2.26. The van der Waals surface area contributed by atoms with E-state index in [1.807, 2.05) is 17.5 Å². The van der Waals surface area contributed by atoms with E-state index in [1.54, 1.807) is 13.0 Å². The molecule has 0 bridgehead atoms. The Morgan fingerprint density at radius 2 is 2.50 bits per heavy atom. The highest BCUT2D eigenvalue weighted by Crippen LogP contribution is 2.24. The van der Waals surface area contributed by atoms with Crippen molar-refractivity contribution in [1.29, 1.82) is 0 Å². The summed E-state index contributed by atoms with van der Waals surface area (Å²) in [6.07, 6.45) is 2.79. The molecular weight excluding hydrogens is 222 g/mol. The Hall–Kier alpha value is -1.13. The lowest BCUT2D eigenvalue weighted by Crippen LogP contribution is -2.37. The van der Waals surface area contributed by atoms with Crippen molar-refractivity contribution in [3.8, 4) is 0 Å². The van der Waals surface area contributed by atoms with Crippen LogP contribution in [0, 0.1) is 0 Å². The van der Waals surface area contributed by atoms with Gasteiger partial charge < -0.3 is 10.4 Å². The van der Waals surface area contributed by atoms with Crippen LogP contribution in [0.1, 0.15) is 24.6 Å². The first-order valence-electron chi connectivity index (χ1n) is 5.20. The predicted octanol–water partition coefficient (Wildman–Crippen LogP) is 2.04. The summed E-state index contributed by atoms with van der Waals surface area (Å²) in [7, 11) is 0. The van der Waals surface area contributed by atoms with Gasteiger partial charge in [-0.25, -0.2) is 0 Å². The van der Waals surface area contributed by atoms with E-state index in [9.17, 15) is 9.90 Å². The predicted molar refractivity (Wildman–Crippen MR) is 66.3 cm³/mol. The van der Waals surface area contributed by atoms with Gasteiger partial charge in [0.1, 0.15) is 5.60 Å². The Kier molecular flexibility index (Phi) is 4.71. The summed E-state index contributed by atoms with van der Waals surface area (Å²) in [5, 5.41) is 14.7. The molecule has 2 N–H and O–H groups in total. The fourth-order valence-electron chi connectivity index (χ4n) is 1.26. The summed E-state index contributed by atoms with van der Waals surface area (Å²) >= 11 is 1.48. The molecular formula is C12H17NO2S. The third kappa shape index (κ3) is 3.79. The number of nitrogens with one attached hydrogen (secondary N) is 1. The van der Waals surface area contributed by atoms with E-state index in [2.05, 4.69) is 11.9 Å². The maximum Gasteiger partial charge on any atom is 0.220 e. The van der Waals surface area contributed by atoms with E-state index in [4.69, 9.17) is 0 Å². The quantitative estimate of drug-likeness (QED) is 0.746. The number of rotatable bonds is 6. The smallest absolute Gasteiger partial charge is 0.220 e.